The van der Waals surface area contributed by atoms with Gasteiger partial charge in [0.1, 0.15) is 0 Å². The van der Waals surface area contributed by atoms with Crippen LogP contribution in [0.5, 0.6) is 5.88 Å². The average molecular weight is 378 g/mol. The number of carboxylic acid groups (broad SMARTS) is 1. The third-order valence-corrected chi connectivity index (χ3v) is 5.64. The van der Waals surface area contributed by atoms with Crippen molar-refractivity contribution in [2.45, 2.75) is 75.7 Å². The third-order valence-electron chi connectivity index (χ3n) is 5.64. The van der Waals surface area contributed by atoms with E-state index >= 15 is 0 Å². The van der Waals surface area contributed by atoms with E-state index in [9.17, 15) is 15.0 Å². The van der Waals surface area contributed by atoms with Crippen LogP contribution < -0.4 is 10.1 Å². The maximum absolute atomic E-state index is 11.3. The molecule has 2 heterocycles. The molecule has 0 bridgehead atoms. The zero-order valence-corrected chi connectivity index (χ0v) is 15.8. The first-order valence-electron chi connectivity index (χ1n) is 9.96. The standard InChI is InChI=1S/C20H30N2O5/c1-2-18(20(24)25)27-19-15(4-3-10-22-19)13-5-7-14(8-6-13)26-12-16-17(23)9-11-21-16/h3-4,10,13-14,16-18,21,23H,2,5-9,11-12H2,1H3,(H,24,25)/t13?,14?,16-,17+,18?/m0/s1. The minimum Gasteiger partial charge on any atom is -0.479 e. The molecule has 3 rings (SSSR count). The van der Waals surface area contributed by atoms with Gasteiger partial charge in [0.05, 0.1) is 24.9 Å². The van der Waals surface area contributed by atoms with Crippen LogP contribution in [-0.4, -0.2) is 58.7 Å². The lowest BCUT2D eigenvalue weighted by atomic mass is 9.83. The number of nitrogens with one attached hydrogen (secondary N) is 1. The summed E-state index contributed by atoms with van der Waals surface area (Å²) in [6.07, 6.45) is 5.65. The van der Waals surface area contributed by atoms with Gasteiger partial charge in [0.2, 0.25) is 5.88 Å². The molecule has 1 aliphatic carbocycles. The van der Waals surface area contributed by atoms with Crippen LogP contribution in [0.2, 0.25) is 0 Å². The van der Waals surface area contributed by atoms with Gasteiger partial charge in [0, 0.05) is 11.8 Å². The topological polar surface area (TPSA) is 101 Å². The number of hydrogen-bond donors (Lipinski definition) is 3. The Balaban J connectivity index is 1.54. The number of rotatable bonds is 8. The number of aliphatic hydroxyl groups is 1. The molecule has 1 saturated carbocycles. The molecule has 0 amide bonds. The summed E-state index contributed by atoms with van der Waals surface area (Å²) in [5.41, 5.74) is 0.989. The van der Waals surface area contributed by atoms with Crippen molar-refractivity contribution < 1.29 is 24.5 Å². The molecule has 2 aliphatic rings. The lowest BCUT2D eigenvalue weighted by Crippen LogP contribution is -2.37. The van der Waals surface area contributed by atoms with Gasteiger partial charge in [-0.05, 0) is 57.1 Å². The van der Waals surface area contributed by atoms with E-state index in [1.807, 2.05) is 12.1 Å². The first kappa shape index (κ1) is 20.0. The fourth-order valence-electron chi connectivity index (χ4n) is 3.96. The van der Waals surface area contributed by atoms with Crippen molar-refractivity contribution in [2.24, 2.45) is 0 Å². The highest BCUT2D eigenvalue weighted by Crippen LogP contribution is 2.37. The van der Waals surface area contributed by atoms with Crippen LogP contribution in [-0.2, 0) is 9.53 Å². The van der Waals surface area contributed by atoms with Crippen LogP contribution in [0.4, 0.5) is 0 Å². The molecular weight excluding hydrogens is 348 g/mol. The predicted molar refractivity (Wildman–Crippen MR) is 99.9 cm³/mol. The van der Waals surface area contributed by atoms with E-state index in [4.69, 9.17) is 9.47 Å². The summed E-state index contributed by atoms with van der Waals surface area (Å²) < 4.78 is 11.7. The summed E-state index contributed by atoms with van der Waals surface area (Å²) in [7, 11) is 0. The number of carbonyl (C=O) groups is 1. The highest BCUT2D eigenvalue weighted by Gasteiger charge is 2.29. The Kier molecular flexibility index (Phi) is 7.04. The molecule has 3 N–H and O–H groups in total. The molecule has 7 heteroatoms. The summed E-state index contributed by atoms with van der Waals surface area (Å²) in [6, 6.07) is 3.91. The van der Waals surface area contributed by atoms with Gasteiger partial charge in [-0.15, -0.1) is 0 Å². The summed E-state index contributed by atoms with van der Waals surface area (Å²) >= 11 is 0. The van der Waals surface area contributed by atoms with Gasteiger partial charge < -0.3 is 25.0 Å². The average Bonchev–Trinajstić information content (AvgIpc) is 3.10. The van der Waals surface area contributed by atoms with Gasteiger partial charge in [-0.25, -0.2) is 9.78 Å². The second-order valence-electron chi connectivity index (χ2n) is 7.47. The Labute approximate surface area is 160 Å². The van der Waals surface area contributed by atoms with E-state index < -0.39 is 12.1 Å². The number of ether oxygens (including phenoxy) is 2. The van der Waals surface area contributed by atoms with Crippen molar-refractivity contribution in [1.29, 1.82) is 0 Å². The van der Waals surface area contributed by atoms with Crippen molar-refractivity contribution >= 4 is 5.97 Å². The summed E-state index contributed by atoms with van der Waals surface area (Å²) in [6.45, 7) is 3.19. The van der Waals surface area contributed by atoms with Gasteiger partial charge >= 0.3 is 5.97 Å². The van der Waals surface area contributed by atoms with Crippen LogP contribution in [0.25, 0.3) is 0 Å². The fraction of sp³-hybridized carbons (Fsp3) is 0.700. The summed E-state index contributed by atoms with van der Waals surface area (Å²) in [5.74, 6) is -0.224. The Morgan fingerprint density at radius 2 is 2.11 bits per heavy atom. The van der Waals surface area contributed by atoms with Gasteiger partial charge in [0.15, 0.2) is 6.10 Å². The van der Waals surface area contributed by atoms with E-state index in [-0.39, 0.29) is 18.2 Å². The Bertz CT molecular complexity index is 618. The molecule has 0 spiro atoms. The second kappa shape index (κ2) is 9.48. The lowest BCUT2D eigenvalue weighted by Gasteiger charge is -2.30. The molecule has 1 aromatic rings. The van der Waals surface area contributed by atoms with Crippen LogP contribution >= 0.6 is 0 Å². The van der Waals surface area contributed by atoms with Crippen LogP contribution in [0.15, 0.2) is 18.3 Å². The van der Waals surface area contributed by atoms with E-state index in [0.29, 0.717) is 24.8 Å². The Morgan fingerprint density at radius 1 is 1.33 bits per heavy atom. The Hall–Kier alpha value is -1.70. The van der Waals surface area contributed by atoms with Gasteiger partial charge in [-0.2, -0.15) is 0 Å². The zero-order valence-electron chi connectivity index (χ0n) is 15.8. The number of aliphatic carboxylic acids is 1. The molecule has 27 heavy (non-hydrogen) atoms. The van der Waals surface area contributed by atoms with Gasteiger partial charge in [0.25, 0.3) is 0 Å². The zero-order chi connectivity index (χ0) is 19.2. The van der Waals surface area contributed by atoms with Gasteiger partial charge in [-0.1, -0.05) is 13.0 Å². The number of aliphatic hydroxyl groups excluding tert-OH is 1. The second-order valence-corrected chi connectivity index (χ2v) is 7.47. The first-order valence-corrected chi connectivity index (χ1v) is 9.96. The van der Waals surface area contributed by atoms with Gasteiger partial charge in [-0.3, -0.25) is 0 Å². The molecule has 2 fully saturated rings. The first-order chi connectivity index (χ1) is 13.1. The maximum atomic E-state index is 11.3. The maximum Gasteiger partial charge on any atom is 0.344 e. The van der Waals surface area contributed by atoms with Crippen molar-refractivity contribution in [3.63, 3.8) is 0 Å². The van der Waals surface area contributed by atoms with E-state index in [1.54, 1.807) is 13.1 Å². The molecule has 1 saturated heterocycles. The lowest BCUT2D eigenvalue weighted by molar-refractivity contribution is -0.145. The fourth-order valence-corrected chi connectivity index (χ4v) is 3.96. The largest absolute Gasteiger partial charge is 0.479 e. The Morgan fingerprint density at radius 3 is 2.74 bits per heavy atom. The summed E-state index contributed by atoms with van der Waals surface area (Å²) in [5, 5.41) is 22.4. The molecule has 3 atom stereocenters. The highest BCUT2D eigenvalue weighted by molar-refractivity contribution is 5.72. The van der Waals surface area contributed by atoms with Crippen molar-refractivity contribution in [3.05, 3.63) is 23.9 Å². The molecule has 150 valence electrons. The van der Waals surface area contributed by atoms with Crippen LogP contribution in [0.1, 0.15) is 56.9 Å². The number of aromatic nitrogens is 1. The normalized spacial score (nSPS) is 29.4. The van der Waals surface area contributed by atoms with E-state index in [2.05, 4.69) is 10.3 Å². The molecule has 7 nitrogen and oxygen atoms in total. The quantitative estimate of drug-likeness (QED) is 0.637. The molecule has 1 unspecified atom stereocenters. The summed E-state index contributed by atoms with van der Waals surface area (Å²) in [4.78, 5) is 15.6. The SMILES string of the molecule is CCC(Oc1ncccc1C1CCC(OC[C@@H]2NCC[C@H]2O)CC1)C(=O)O. The highest BCUT2D eigenvalue weighted by atomic mass is 16.5. The molecule has 0 radical (unpaired) electrons. The van der Waals surface area contributed by atoms with E-state index in [1.165, 1.54) is 0 Å². The molecular formula is C20H30N2O5. The minimum atomic E-state index is -0.964. The van der Waals surface area contributed by atoms with Crippen LogP contribution in [0.3, 0.4) is 0 Å². The number of carboxylic acids is 1. The molecule has 0 aromatic carbocycles. The van der Waals surface area contributed by atoms with Crippen molar-refractivity contribution in [3.8, 4) is 5.88 Å². The number of hydrogen-bond acceptors (Lipinski definition) is 6. The van der Waals surface area contributed by atoms with Crippen molar-refractivity contribution in [1.82, 2.24) is 10.3 Å². The van der Waals surface area contributed by atoms with Crippen LogP contribution in [0, 0.1) is 0 Å². The predicted octanol–water partition coefficient (Wildman–Crippen LogP) is 2.09. The number of nitrogens with zero attached hydrogens (tertiary/aromatic N) is 1. The third kappa shape index (κ3) is 5.18. The smallest absolute Gasteiger partial charge is 0.344 e. The van der Waals surface area contributed by atoms with E-state index in [0.717, 1.165) is 44.2 Å². The molecule has 1 aromatic heterocycles. The molecule has 1 aliphatic heterocycles. The number of pyridine rings is 1. The van der Waals surface area contributed by atoms with Crippen molar-refractivity contribution in [2.75, 3.05) is 13.2 Å². The minimum absolute atomic E-state index is 0.0445. The monoisotopic (exact) mass is 378 g/mol.